The van der Waals surface area contributed by atoms with Crippen molar-refractivity contribution >= 4 is 39.9 Å². The van der Waals surface area contributed by atoms with E-state index in [9.17, 15) is 15.0 Å². The molecule has 0 aliphatic heterocycles. The van der Waals surface area contributed by atoms with E-state index in [1.54, 1.807) is 31.5 Å². The Bertz CT molecular complexity index is 1560. The van der Waals surface area contributed by atoms with Crippen LogP contribution in [0.1, 0.15) is 34.0 Å². The molecule has 1 atom stereocenters. The highest BCUT2D eigenvalue weighted by Gasteiger charge is 2.22. The number of nitrogens with zero attached hydrogens (tertiary/aromatic N) is 3. The largest absolute Gasteiger partial charge is 0.506 e. The van der Waals surface area contributed by atoms with Crippen LogP contribution in [-0.4, -0.2) is 30.7 Å². The Labute approximate surface area is 209 Å². The molecule has 9 heteroatoms. The van der Waals surface area contributed by atoms with Crippen LogP contribution in [-0.2, 0) is 0 Å². The van der Waals surface area contributed by atoms with Crippen LogP contribution >= 0.6 is 22.9 Å². The van der Waals surface area contributed by atoms with Gasteiger partial charge in [-0.05, 0) is 43.7 Å². The molecule has 35 heavy (non-hydrogen) atoms. The molecular formula is C26H20ClN3O4S. The molecule has 0 bridgehead atoms. The van der Waals surface area contributed by atoms with Crippen LogP contribution in [0.2, 0.25) is 5.02 Å². The Morgan fingerprint density at radius 2 is 1.91 bits per heavy atom. The van der Waals surface area contributed by atoms with E-state index >= 15 is 0 Å². The Balaban J connectivity index is 1.50. The predicted octanol–water partition coefficient (Wildman–Crippen LogP) is 6.65. The number of aromatic carboxylic acids is 1. The highest BCUT2D eigenvalue weighted by molar-refractivity contribution is 7.16. The van der Waals surface area contributed by atoms with Gasteiger partial charge < -0.3 is 14.9 Å². The number of carboxylic acids is 1. The number of rotatable bonds is 6. The zero-order valence-corrected chi connectivity index (χ0v) is 20.3. The number of carboxylic acid groups (broad SMARTS) is 1. The van der Waals surface area contributed by atoms with Crippen LogP contribution in [0.5, 0.6) is 11.5 Å². The summed E-state index contributed by atoms with van der Waals surface area (Å²) in [6.45, 7) is 3.69. The van der Waals surface area contributed by atoms with Crippen LogP contribution in [0.15, 0.2) is 67.1 Å². The molecule has 7 nitrogen and oxygen atoms in total. The number of ether oxygens (including phenoxy) is 1. The maximum Gasteiger partial charge on any atom is 0.349 e. The summed E-state index contributed by atoms with van der Waals surface area (Å²) in [5.74, 6) is -0.938. The van der Waals surface area contributed by atoms with Gasteiger partial charge in [0.05, 0.1) is 16.1 Å². The summed E-state index contributed by atoms with van der Waals surface area (Å²) in [6, 6.07) is 16.4. The minimum Gasteiger partial charge on any atom is -0.506 e. The number of pyridine rings is 1. The average Bonchev–Trinajstić information content (AvgIpc) is 3.45. The molecule has 0 unspecified atom stereocenters. The lowest BCUT2D eigenvalue weighted by Crippen LogP contribution is -2.06. The van der Waals surface area contributed by atoms with Gasteiger partial charge in [0.2, 0.25) is 0 Å². The maximum absolute atomic E-state index is 12.0. The van der Waals surface area contributed by atoms with E-state index in [4.69, 9.17) is 16.3 Å². The van der Waals surface area contributed by atoms with Crippen molar-refractivity contribution in [1.29, 1.82) is 0 Å². The number of benzene rings is 2. The number of hydrogen-bond acceptors (Lipinski definition) is 6. The van der Waals surface area contributed by atoms with Crippen LogP contribution in [0, 0.1) is 6.92 Å². The third-order valence-corrected chi connectivity index (χ3v) is 7.17. The second-order valence-electron chi connectivity index (χ2n) is 8.03. The van der Waals surface area contributed by atoms with E-state index in [2.05, 4.69) is 9.97 Å². The van der Waals surface area contributed by atoms with E-state index in [-0.39, 0.29) is 21.4 Å². The number of hydrogen-bond donors (Lipinski definition) is 2. The Morgan fingerprint density at radius 1 is 1.11 bits per heavy atom. The molecule has 3 heterocycles. The summed E-state index contributed by atoms with van der Waals surface area (Å²) in [5.41, 5.74) is 5.10. The van der Waals surface area contributed by atoms with Crippen molar-refractivity contribution in [1.82, 2.24) is 14.5 Å². The number of halogens is 1. The third kappa shape index (κ3) is 4.34. The van der Waals surface area contributed by atoms with Crippen molar-refractivity contribution < 1.29 is 19.7 Å². The fourth-order valence-corrected chi connectivity index (χ4v) is 5.02. The summed E-state index contributed by atoms with van der Waals surface area (Å²) in [7, 11) is 0. The first-order chi connectivity index (χ1) is 16.8. The first-order valence-corrected chi connectivity index (χ1v) is 11.9. The molecule has 0 radical (unpaired) electrons. The van der Waals surface area contributed by atoms with Crippen molar-refractivity contribution in [2.45, 2.75) is 20.0 Å². The number of aromatic nitrogens is 3. The summed E-state index contributed by atoms with van der Waals surface area (Å²) >= 11 is 7.31. The topological polar surface area (TPSA) is 97.5 Å². The van der Waals surface area contributed by atoms with Crippen molar-refractivity contribution in [3.8, 4) is 27.6 Å². The second-order valence-corrected chi connectivity index (χ2v) is 9.44. The molecule has 0 aliphatic carbocycles. The van der Waals surface area contributed by atoms with Gasteiger partial charge in [-0.3, -0.25) is 9.55 Å². The molecule has 0 aliphatic rings. The molecule has 0 spiro atoms. The minimum atomic E-state index is -1.09. The molecule has 0 fully saturated rings. The average molecular weight is 506 g/mol. The van der Waals surface area contributed by atoms with Gasteiger partial charge in [0, 0.05) is 29.1 Å². The van der Waals surface area contributed by atoms with Gasteiger partial charge in [-0.1, -0.05) is 35.9 Å². The van der Waals surface area contributed by atoms with Crippen molar-refractivity contribution in [3.63, 3.8) is 0 Å². The highest BCUT2D eigenvalue weighted by Crippen LogP contribution is 2.38. The SMILES string of the molecule is Cc1ccc(-c2ccc3c(c2)ncn3-c2cc(O[C@H](C)c3cccc(O)c3Cl)c(C(=O)O)s2)cn1. The summed E-state index contributed by atoms with van der Waals surface area (Å²) in [5, 5.41) is 20.5. The zero-order chi connectivity index (χ0) is 24.7. The van der Waals surface area contributed by atoms with Gasteiger partial charge in [0.1, 0.15) is 28.9 Å². The number of fused-ring (bicyclic) bond motifs is 1. The molecule has 2 aromatic carbocycles. The standard InChI is InChI=1S/C26H20ClN3O4S/c1-14-6-7-17(12-28-14)16-8-9-20-19(10-16)29-13-30(20)23-11-22(25(35-23)26(32)33)34-15(2)18-4-3-5-21(31)24(18)27/h3-13,15,31H,1-2H3,(H,32,33)/t15-/m1/s1. The molecule has 3 aromatic heterocycles. The highest BCUT2D eigenvalue weighted by atomic mass is 35.5. The van der Waals surface area contributed by atoms with Gasteiger partial charge >= 0.3 is 5.97 Å². The monoisotopic (exact) mass is 505 g/mol. The van der Waals surface area contributed by atoms with Crippen LogP contribution in [0.25, 0.3) is 27.2 Å². The Kier molecular flexibility index (Phi) is 5.92. The minimum absolute atomic E-state index is 0.0604. The predicted molar refractivity (Wildman–Crippen MR) is 136 cm³/mol. The summed E-state index contributed by atoms with van der Waals surface area (Å²) in [4.78, 5) is 20.9. The van der Waals surface area contributed by atoms with Crippen molar-refractivity contribution in [2.75, 3.05) is 0 Å². The first-order valence-electron chi connectivity index (χ1n) is 10.7. The van der Waals surface area contributed by atoms with E-state index in [1.165, 1.54) is 6.07 Å². The van der Waals surface area contributed by atoms with Crippen LogP contribution in [0.3, 0.4) is 0 Å². The zero-order valence-electron chi connectivity index (χ0n) is 18.8. The lowest BCUT2D eigenvalue weighted by Gasteiger charge is -2.16. The summed E-state index contributed by atoms with van der Waals surface area (Å²) in [6.07, 6.45) is 2.91. The van der Waals surface area contributed by atoms with Gasteiger partial charge in [0.15, 0.2) is 4.88 Å². The van der Waals surface area contributed by atoms with Gasteiger partial charge in [0.25, 0.3) is 0 Å². The molecule has 176 valence electrons. The van der Waals surface area contributed by atoms with Gasteiger partial charge in [-0.2, -0.15) is 0 Å². The number of thiophene rings is 1. The molecule has 5 aromatic rings. The number of imidazole rings is 1. The molecular weight excluding hydrogens is 486 g/mol. The number of aryl methyl sites for hydroxylation is 1. The van der Waals surface area contributed by atoms with E-state index in [1.807, 2.05) is 48.0 Å². The molecule has 2 N–H and O–H groups in total. The molecule has 0 amide bonds. The van der Waals surface area contributed by atoms with Crippen molar-refractivity contribution in [2.24, 2.45) is 0 Å². The van der Waals surface area contributed by atoms with E-state index in [0.29, 0.717) is 10.6 Å². The Hall–Kier alpha value is -3.88. The normalized spacial score (nSPS) is 12.1. The van der Waals surface area contributed by atoms with Crippen LogP contribution in [0.4, 0.5) is 0 Å². The molecule has 5 rings (SSSR count). The lowest BCUT2D eigenvalue weighted by atomic mass is 10.1. The number of phenols is 1. The smallest absolute Gasteiger partial charge is 0.349 e. The van der Waals surface area contributed by atoms with Crippen molar-refractivity contribution in [3.05, 3.63) is 88.3 Å². The third-order valence-electron chi connectivity index (χ3n) is 5.66. The second kappa shape index (κ2) is 9.05. The lowest BCUT2D eigenvalue weighted by molar-refractivity contribution is 0.0695. The fraction of sp³-hybridized carbons (Fsp3) is 0.115. The van der Waals surface area contributed by atoms with Crippen LogP contribution < -0.4 is 4.74 Å². The quantitative estimate of drug-likeness (QED) is 0.268. The fourth-order valence-electron chi connectivity index (χ4n) is 3.83. The van der Waals surface area contributed by atoms with Gasteiger partial charge in [-0.25, -0.2) is 9.78 Å². The number of aromatic hydroxyl groups is 1. The first kappa shape index (κ1) is 22.9. The van der Waals surface area contributed by atoms with E-state index in [0.717, 1.165) is 39.2 Å². The van der Waals surface area contributed by atoms with Gasteiger partial charge in [-0.15, -0.1) is 11.3 Å². The molecule has 0 saturated carbocycles. The molecule has 0 saturated heterocycles. The number of phenolic OH excluding ortho intramolecular Hbond substituents is 1. The number of carbonyl (C=O) groups is 1. The van der Waals surface area contributed by atoms with E-state index < -0.39 is 12.1 Å². The maximum atomic E-state index is 12.0. The summed E-state index contributed by atoms with van der Waals surface area (Å²) < 4.78 is 7.84. The Morgan fingerprint density at radius 3 is 2.66 bits per heavy atom.